The van der Waals surface area contributed by atoms with Gasteiger partial charge in [0.2, 0.25) is 5.95 Å². The summed E-state index contributed by atoms with van der Waals surface area (Å²) in [4.78, 5) is 8.62. The van der Waals surface area contributed by atoms with Crippen LogP contribution in [0.2, 0.25) is 0 Å². The van der Waals surface area contributed by atoms with E-state index < -0.39 is 0 Å². The second kappa shape index (κ2) is 4.47. The summed E-state index contributed by atoms with van der Waals surface area (Å²) in [6.07, 6.45) is 5.66. The zero-order valence-corrected chi connectivity index (χ0v) is 10.7. The number of aromatic nitrogens is 2. The molecular weight excluding hydrogens is 254 g/mol. The summed E-state index contributed by atoms with van der Waals surface area (Å²) in [5, 5.41) is 3.38. The van der Waals surface area contributed by atoms with Crippen LogP contribution in [0.25, 0.3) is 0 Å². The SMILES string of the molecule is CCCC1CC1Nc1ncc(Br)c(C)n1. The third kappa shape index (κ3) is 2.68. The number of anilines is 1. The molecule has 2 rings (SSSR count). The van der Waals surface area contributed by atoms with Crippen LogP contribution in [-0.2, 0) is 0 Å². The van der Waals surface area contributed by atoms with Gasteiger partial charge in [-0.2, -0.15) is 0 Å². The first kappa shape index (κ1) is 10.9. The highest BCUT2D eigenvalue weighted by molar-refractivity contribution is 9.10. The summed E-state index contributed by atoms with van der Waals surface area (Å²) in [5.74, 6) is 1.60. The van der Waals surface area contributed by atoms with Crippen LogP contribution < -0.4 is 5.32 Å². The van der Waals surface area contributed by atoms with Gasteiger partial charge in [-0.25, -0.2) is 9.97 Å². The van der Waals surface area contributed by atoms with Crippen molar-refractivity contribution in [2.45, 2.75) is 39.2 Å². The number of rotatable bonds is 4. The van der Waals surface area contributed by atoms with Crippen LogP contribution in [-0.4, -0.2) is 16.0 Å². The maximum absolute atomic E-state index is 4.38. The molecule has 0 aromatic carbocycles. The Labute approximate surface area is 98.8 Å². The number of hydrogen-bond donors (Lipinski definition) is 1. The fraction of sp³-hybridized carbons (Fsp3) is 0.636. The summed E-state index contributed by atoms with van der Waals surface area (Å²) in [6, 6.07) is 0.602. The predicted molar refractivity (Wildman–Crippen MR) is 64.9 cm³/mol. The van der Waals surface area contributed by atoms with Gasteiger partial charge in [0.15, 0.2) is 0 Å². The van der Waals surface area contributed by atoms with Crippen LogP contribution in [0.15, 0.2) is 10.7 Å². The normalized spacial score (nSPS) is 23.9. The third-order valence-corrected chi connectivity index (χ3v) is 3.59. The van der Waals surface area contributed by atoms with Crippen molar-refractivity contribution in [3.63, 3.8) is 0 Å². The van der Waals surface area contributed by atoms with Crippen molar-refractivity contribution in [2.75, 3.05) is 5.32 Å². The molecule has 1 aliphatic carbocycles. The average molecular weight is 270 g/mol. The van der Waals surface area contributed by atoms with Crippen molar-refractivity contribution in [2.24, 2.45) is 5.92 Å². The van der Waals surface area contributed by atoms with Crippen LogP contribution in [0.5, 0.6) is 0 Å². The van der Waals surface area contributed by atoms with E-state index in [4.69, 9.17) is 0 Å². The van der Waals surface area contributed by atoms with Crippen LogP contribution >= 0.6 is 15.9 Å². The van der Waals surface area contributed by atoms with E-state index in [0.29, 0.717) is 6.04 Å². The second-order valence-corrected chi connectivity index (χ2v) is 5.02. The van der Waals surface area contributed by atoms with E-state index in [9.17, 15) is 0 Å². The smallest absolute Gasteiger partial charge is 0.223 e. The van der Waals surface area contributed by atoms with Gasteiger partial charge < -0.3 is 5.32 Å². The van der Waals surface area contributed by atoms with Gasteiger partial charge in [0.05, 0.1) is 10.2 Å². The third-order valence-electron chi connectivity index (χ3n) is 2.82. The Balaban J connectivity index is 1.92. The number of nitrogens with one attached hydrogen (secondary N) is 1. The number of hydrogen-bond acceptors (Lipinski definition) is 3. The molecule has 0 radical (unpaired) electrons. The molecule has 0 aliphatic heterocycles. The standard InChI is InChI=1S/C11H16BrN3/c1-3-4-8-5-10(8)15-11-13-6-9(12)7(2)14-11/h6,8,10H,3-5H2,1-2H3,(H,13,14,15). The van der Waals surface area contributed by atoms with E-state index >= 15 is 0 Å². The largest absolute Gasteiger partial charge is 0.351 e. The zero-order chi connectivity index (χ0) is 10.8. The van der Waals surface area contributed by atoms with Gasteiger partial charge in [0.25, 0.3) is 0 Å². The number of nitrogens with zero attached hydrogens (tertiary/aromatic N) is 2. The van der Waals surface area contributed by atoms with E-state index in [1.807, 2.05) is 13.1 Å². The summed E-state index contributed by atoms with van der Waals surface area (Å²) in [6.45, 7) is 4.21. The quantitative estimate of drug-likeness (QED) is 0.913. The molecule has 15 heavy (non-hydrogen) atoms. The number of halogens is 1. The van der Waals surface area contributed by atoms with Gasteiger partial charge in [-0.15, -0.1) is 0 Å². The van der Waals surface area contributed by atoms with Crippen molar-refractivity contribution in [3.8, 4) is 0 Å². The molecule has 0 saturated heterocycles. The molecule has 1 N–H and O–H groups in total. The zero-order valence-electron chi connectivity index (χ0n) is 9.13. The van der Waals surface area contributed by atoms with Crippen LogP contribution in [0.4, 0.5) is 5.95 Å². The summed E-state index contributed by atoms with van der Waals surface area (Å²) >= 11 is 3.40. The maximum Gasteiger partial charge on any atom is 0.223 e. The molecule has 0 bridgehead atoms. The van der Waals surface area contributed by atoms with Crippen molar-refractivity contribution in [1.29, 1.82) is 0 Å². The Morgan fingerprint density at radius 1 is 1.60 bits per heavy atom. The molecule has 1 saturated carbocycles. The molecule has 3 nitrogen and oxygen atoms in total. The highest BCUT2D eigenvalue weighted by Crippen LogP contribution is 2.36. The molecule has 1 aromatic heterocycles. The number of aryl methyl sites for hydroxylation is 1. The van der Waals surface area contributed by atoms with E-state index in [2.05, 4.69) is 38.1 Å². The van der Waals surface area contributed by atoms with Gasteiger partial charge >= 0.3 is 0 Å². The Bertz CT molecular complexity index is 354. The lowest BCUT2D eigenvalue weighted by Gasteiger charge is -2.05. The molecule has 4 heteroatoms. The highest BCUT2D eigenvalue weighted by Gasteiger charge is 2.36. The molecular formula is C11H16BrN3. The minimum atomic E-state index is 0.602. The lowest BCUT2D eigenvalue weighted by molar-refractivity contribution is 0.691. The van der Waals surface area contributed by atoms with Gasteiger partial charge in [-0.1, -0.05) is 13.3 Å². The van der Waals surface area contributed by atoms with Crippen LogP contribution in [0.3, 0.4) is 0 Å². The first-order valence-corrected chi connectivity index (χ1v) is 6.25. The van der Waals surface area contributed by atoms with Gasteiger partial charge in [-0.3, -0.25) is 0 Å². The van der Waals surface area contributed by atoms with Crippen molar-refractivity contribution in [3.05, 3.63) is 16.4 Å². The molecule has 1 aliphatic rings. The molecule has 1 heterocycles. The Hall–Kier alpha value is -0.640. The first-order chi connectivity index (χ1) is 7.20. The van der Waals surface area contributed by atoms with Gasteiger partial charge in [-0.05, 0) is 41.6 Å². The predicted octanol–water partition coefficient (Wildman–Crippen LogP) is 3.15. The first-order valence-electron chi connectivity index (χ1n) is 5.46. The Morgan fingerprint density at radius 2 is 2.40 bits per heavy atom. The fourth-order valence-electron chi connectivity index (χ4n) is 1.80. The molecule has 0 amide bonds. The summed E-state index contributed by atoms with van der Waals surface area (Å²) in [7, 11) is 0. The van der Waals surface area contributed by atoms with E-state index in [1.54, 1.807) is 0 Å². The average Bonchev–Trinajstić information content (AvgIpc) is 2.91. The van der Waals surface area contributed by atoms with Crippen molar-refractivity contribution >= 4 is 21.9 Å². The Kier molecular flexibility index (Phi) is 3.24. The second-order valence-electron chi connectivity index (χ2n) is 4.16. The minimum absolute atomic E-state index is 0.602. The maximum atomic E-state index is 4.38. The summed E-state index contributed by atoms with van der Waals surface area (Å²) in [5.41, 5.74) is 0.986. The van der Waals surface area contributed by atoms with Crippen LogP contribution in [0.1, 0.15) is 31.9 Å². The van der Waals surface area contributed by atoms with E-state index in [0.717, 1.165) is 22.0 Å². The van der Waals surface area contributed by atoms with E-state index in [-0.39, 0.29) is 0 Å². The van der Waals surface area contributed by atoms with Crippen molar-refractivity contribution in [1.82, 2.24) is 9.97 Å². The van der Waals surface area contributed by atoms with Gasteiger partial charge in [0, 0.05) is 12.2 Å². The molecule has 1 fully saturated rings. The molecule has 0 spiro atoms. The molecule has 1 aromatic rings. The van der Waals surface area contributed by atoms with Crippen LogP contribution in [0, 0.1) is 12.8 Å². The fourth-order valence-corrected chi connectivity index (χ4v) is 1.99. The molecule has 2 atom stereocenters. The lowest BCUT2D eigenvalue weighted by atomic mass is 10.2. The monoisotopic (exact) mass is 269 g/mol. The van der Waals surface area contributed by atoms with Gasteiger partial charge in [0.1, 0.15) is 0 Å². The molecule has 2 unspecified atom stereocenters. The minimum Gasteiger partial charge on any atom is -0.351 e. The highest BCUT2D eigenvalue weighted by atomic mass is 79.9. The van der Waals surface area contributed by atoms with E-state index in [1.165, 1.54) is 19.3 Å². The lowest BCUT2D eigenvalue weighted by Crippen LogP contribution is -2.08. The topological polar surface area (TPSA) is 37.8 Å². The molecule has 82 valence electrons. The summed E-state index contributed by atoms with van der Waals surface area (Å²) < 4.78 is 0.967. The van der Waals surface area contributed by atoms with Crippen molar-refractivity contribution < 1.29 is 0 Å². The Morgan fingerprint density at radius 3 is 3.07 bits per heavy atom.